The first kappa shape index (κ1) is 11.3. The molecule has 1 aromatic rings. The van der Waals surface area contributed by atoms with E-state index in [1.54, 1.807) is 0 Å². The fraction of sp³-hybridized carbons (Fsp3) is 0. The molecular formula is C5H3Cl3N4O2. The molecule has 0 bridgehead atoms. The summed E-state index contributed by atoms with van der Waals surface area (Å²) >= 11 is 16.6. The second-order valence-electron chi connectivity index (χ2n) is 2.01. The van der Waals surface area contributed by atoms with Crippen LogP contribution in [0.1, 0.15) is 0 Å². The summed E-state index contributed by atoms with van der Waals surface area (Å²) in [6.45, 7) is 0. The smallest absolute Gasteiger partial charge is 0.288 e. The summed E-state index contributed by atoms with van der Waals surface area (Å²) in [4.78, 5) is 17.8. The van der Waals surface area contributed by atoms with Crippen LogP contribution in [-0.4, -0.2) is 21.2 Å². The van der Waals surface area contributed by atoms with E-state index >= 15 is 0 Å². The van der Waals surface area contributed by atoms with Gasteiger partial charge in [0, 0.05) is 0 Å². The summed E-state index contributed by atoms with van der Waals surface area (Å²) in [6, 6.07) is -0.917. The highest BCUT2D eigenvalue weighted by Crippen LogP contribution is 2.24. The van der Waals surface area contributed by atoms with Crippen molar-refractivity contribution >= 4 is 46.7 Å². The van der Waals surface area contributed by atoms with Crippen LogP contribution in [0.25, 0.3) is 0 Å². The van der Waals surface area contributed by atoms with Crippen LogP contribution in [0.4, 0.5) is 10.6 Å². The van der Waals surface area contributed by atoms with Gasteiger partial charge in [-0.1, -0.05) is 34.8 Å². The maximum atomic E-state index is 10.7. The number of hydrogen-bond donors (Lipinski definition) is 3. The molecule has 0 aromatic carbocycles. The van der Waals surface area contributed by atoms with E-state index in [0.29, 0.717) is 0 Å². The van der Waals surface area contributed by atoms with Crippen molar-refractivity contribution in [3.05, 3.63) is 15.5 Å². The third kappa shape index (κ3) is 2.58. The maximum absolute atomic E-state index is 10.7. The van der Waals surface area contributed by atoms with Crippen LogP contribution >= 0.6 is 34.8 Å². The molecule has 0 aliphatic carbocycles. The minimum Gasteiger partial charge on any atom is -0.288 e. The Kier molecular flexibility index (Phi) is 3.70. The van der Waals surface area contributed by atoms with Gasteiger partial charge in [-0.25, -0.2) is 20.2 Å². The lowest BCUT2D eigenvalue weighted by Crippen LogP contribution is -2.25. The van der Waals surface area contributed by atoms with Crippen molar-refractivity contribution in [2.75, 3.05) is 5.32 Å². The molecule has 1 heterocycles. The van der Waals surface area contributed by atoms with E-state index in [1.807, 2.05) is 0 Å². The van der Waals surface area contributed by atoms with Gasteiger partial charge in [-0.05, 0) is 0 Å². The van der Waals surface area contributed by atoms with Gasteiger partial charge in [-0.3, -0.25) is 10.5 Å². The summed E-state index contributed by atoms with van der Waals surface area (Å²) < 4.78 is 0. The van der Waals surface area contributed by atoms with Crippen LogP contribution in [0.15, 0.2) is 0 Å². The zero-order valence-electron chi connectivity index (χ0n) is 6.38. The minimum absolute atomic E-state index is 0.0772. The highest BCUT2D eigenvalue weighted by atomic mass is 35.5. The molecule has 76 valence electrons. The van der Waals surface area contributed by atoms with E-state index in [0.717, 1.165) is 0 Å². The number of aromatic nitrogens is 2. The summed E-state index contributed by atoms with van der Waals surface area (Å²) in [7, 11) is 0. The summed E-state index contributed by atoms with van der Waals surface area (Å²) in [5, 5.41) is 9.96. The second-order valence-corrected chi connectivity index (χ2v) is 3.08. The van der Waals surface area contributed by atoms with Crippen LogP contribution in [0.5, 0.6) is 0 Å². The monoisotopic (exact) mass is 256 g/mol. The molecule has 0 unspecified atom stereocenters. The molecule has 1 aromatic heterocycles. The molecule has 9 heteroatoms. The lowest BCUT2D eigenvalue weighted by atomic mass is 10.6. The maximum Gasteiger partial charge on any atom is 0.344 e. The van der Waals surface area contributed by atoms with E-state index in [2.05, 4.69) is 15.3 Å². The first-order chi connectivity index (χ1) is 6.54. The number of urea groups is 1. The zero-order valence-corrected chi connectivity index (χ0v) is 8.65. The molecule has 14 heavy (non-hydrogen) atoms. The van der Waals surface area contributed by atoms with Gasteiger partial charge in [-0.15, -0.1) is 0 Å². The van der Waals surface area contributed by atoms with Crippen molar-refractivity contribution in [3.8, 4) is 0 Å². The number of rotatable bonds is 1. The first-order valence-electron chi connectivity index (χ1n) is 3.14. The standard InChI is InChI=1S/C5H3Cl3N4O2/c6-1-2(7)10-4(3(8)9-1)11-5(13)12-14/h14H,(H2,10,11,12,13). The number of hydrogen-bond acceptors (Lipinski definition) is 4. The molecule has 0 spiro atoms. The van der Waals surface area contributed by atoms with Gasteiger partial charge in [0.25, 0.3) is 0 Å². The summed E-state index contributed by atoms with van der Waals surface area (Å²) in [6.07, 6.45) is 0. The van der Waals surface area contributed by atoms with Gasteiger partial charge in [0.2, 0.25) is 0 Å². The van der Waals surface area contributed by atoms with Crippen molar-refractivity contribution in [2.24, 2.45) is 0 Å². The predicted octanol–water partition coefficient (Wildman–Crippen LogP) is 1.95. The van der Waals surface area contributed by atoms with Gasteiger partial charge in [-0.2, -0.15) is 0 Å². The van der Waals surface area contributed by atoms with Crippen molar-refractivity contribution in [3.63, 3.8) is 0 Å². The fourth-order valence-electron chi connectivity index (χ4n) is 0.591. The van der Waals surface area contributed by atoms with Gasteiger partial charge < -0.3 is 0 Å². The summed E-state index contributed by atoms with van der Waals surface area (Å²) in [5.74, 6) is -0.104. The molecule has 0 fully saturated rings. The molecule has 0 radical (unpaired) electrons. The van der Waals surface area contributed by atoms with E-state index in [1.165, 1.54) is 5.48 Å². The van der Waals surface area contributed by atoms with Crippen molar-refractivity contribution in [1.82, 2.24) is 15.4 Å². The molecule has 0 saturated carbocycles. The Morgan fingerprint density at radius 3 is 2.29 bits per heavy atom. The normalized spacial score (nSPS) is 9.71. The molecule has 0 saturated heterocycles. The fourth-order valence-corrected chi connectivity index (χ4v) is 1.06. The molecular weight excluding hydrogens is 254 g/mol. The largest absolute Gasteiger partial charge is 0.344 e. The van der Waals surface area contributed by atoms with E-state index in [4.69, 9.17) is 40.0 Å². The van der Waals surface area contributed by atoms with E-state index in [-0.39, 0.29) is 21.3 Å². The van der Waals surface area contributed by atoms with Crippen molar-refractivity contribution in [1.29, 1.82) is 0 Å². The highest BCUT2D eigenvalue weighted by Gasteiger charge is 2.11. The van der Waals surface area contributed by atoms with Crippen LogP contribution < -0.4 is 10.8 Å². The Balaban J connectivity index is 2.98. The molecule has 2 amide bonds. The van der Waals surface area contributed by atoms with Crippen LogP contribution in [0, 0.1) is 0 Å². The molecule has 0 atom stereocenters. The highest BCUT2D eigenvalue weighted by molar-refractivity contribution is 6.41. The number of amides is 2. The Bertz CT molecular complexity index is 372. The molecule has 0 aliphatic heterocycles. The zero-order chi connectivity index (χ0) is 10.7. The predicted molar refractivity (Wildman–Crippen MR) is 51.0 cm³/mol. The number of nitrogens with zero attached hydrogens (tertiary/aromatic N) is 2. The number of halogens is 3. The number of nitrogens with one attached hydrogen (secondary N) is 2. The molecule has 1 rings (SSSR count). The Morgan fingerprint density at radius 1 is 1.14 bits per heavy atom. The third-order valence-electron chi connectivity index (χ3n) is 1.11. The lowest BCUT2D eigenvalue weighted by molar-refractivity contribution is 0.172. The molecule has 0 aliphatic rings. The van der Waals surface area contributed by atoms with Crippen molar-refractivity contribution < 1.29 is 10.0 Å². The topological polar surface area (TPSA) is 87.1 Å². The van der Waals surface area contributed by atoms with E-state index < -0.39 is 6.03 Å². The number of carbonyl (C=O) groups excluding carboxylic acids is 1. The van der Waals surface area contributed by atoms with Crippen LogP contribution in [-0.2, 0) is 0 Å². The number of hydroxylamine groups is 1. The average Bonchev–Trinajstić information content (AvgIpc) is 2.14. The lowest BCUT2D eigenvalue weighted by Gasteiger charge is -2.04. The first-order valence-corrected chi connectivity index (χ1v) is 4.27. The molecule has 3 N–H and O–H groups in total. The quantitative estimate of drug-likeness (QED) is 0.530. The van der Waals surface area contributed by atoms with Crippen molar-refractivity contribution in [2.45, 2.75) is 0 Å². The second kappa shape index (κ2) is 4.61. The molecule has 6 nitrogen and oxygen atoms in total. The van der Waals surface area contributed by atoms with Gasteiger partial charge in [0.05, 0.1) is 0 Å². The minimum atomic E-state index is -0.917. The Morgan fingerprint density at radius 2 is 1.71 bits per heavy atom. The Labute approximate surface area is 93.2 Å². The van der Waals surface area contributed by atoms with Gasteiger partial charge in [0.1, 0.15) is 0 Å². The SMILES string of the molecule is O=C(NO)Nc1nc(Cl)c(Cl)nc1Cl. The van der Waals surface area contributed by atoms with Crippen LogP contribution in [0.3, 0.4) is 0 Å². The van der Waals surface area contributed by atoms with Gasteiger partial charge in [0.15, 0.2) is 21.3 Å². The Hall–Kier alpha value is -0.820. The van der Waals surface area contributed by atoms with Gasteiger partial charge >= 0.3 is 6.03 Å². The van der Waals surface area contributed by atoms with E-state index in [9.17, 15) is 4.79 Å². The average molecular weight is 257 g/mol. The number of carbonyl (C=O) groups is 1. The summed E-state index contributed by atoms with van der Waals surface area (Å²) in [5.41, 5.74) is 1.32. The van der Waals surface area contributed by atoms with Crippen LogP contribution in [0.2, 0.25) is 15.5 Å². The number of anilines is 1. The third-order valence-corrected chi connectivity index (χ3v) is 1.99.